The van der Waals surface area contributed by atoms with Gasteiger partial charge in [-0.2, -0.15) is 17.0 Å². The van der Waals surface area contributed by atoms with Crippen molar-refractivity contribution in [3.05, 3.63) is 16.1 Å². The highest BCUT2D eigenvalue weighted by Gasteiger charge is 2.31. The van der Waals surface area contributed by atoms with E-state index in [0.717, 1.165) is 17.8 Å². The van der Waals surface area contributed by atoms with Crippen molar-refractivity contribution in [2.75, 3.05) is 27.2 Å². The Balaban J connectivity index is 2.14. The maximum atomic E-state index is 12.1. The molecular weight excluding hydrogens is 270 g/mol. The summed E-state index contributed by atoms with van der Waals surface area (Å²) in [6.45, 7) is 3.19. The van der Waals surface area contributed by atoms with Gasteiger partial charge < -0.3 is 0 Å². The molecule has 0 aromatic carbocycles. The Morgan fingerprint density at radius 3 is 2.78 bits per heavy atom. The lowest BCUT2D eigenvalue weighted by Gasteiger charge is -2.32. The van der Waals surface area contributed by atoms with Crippen molar-refractivity contribution < 1.29 is 8.42 Å². The summed E-state index contributed by atoms with van der Waals surface area (Å²) in [6, 6.07) is 0. The molecule has 7 heteroatoms. The second-order valence-electron chi connectivity index (χ2n) is 4.80. The van der Waals surface area contributed by atoms with Crippen LogP contribution in [0.15, 0.2) is 6.20 Å². The molecule has 0 spiro atoms. The van der Waals surface area contributed by atoms with Crippen LogP contribution in [0.1, 0.15) is 28.6 Å². The average molecular weight is 289 g/mol. The molecule has 0 unspecified atom stereocenters. The van der Waals surface area contributed by atoms with Crippen LogP contribution in [-0.2, 0) is 10.2 Å². The SMILES string of the molecule is Cc1cnc([C@H]2CCCN(S(=O)(=O)N(C)C)C2)s1. The zero-order valence-corrected chi connectivity index (χ0v) is 12.6. The molecule has 102 valence electrons. The molecule has 0 aliphatic carbocycles. The number of hydrogen-bond acceptors (Lipinski definition) is 4. The van der Waals surface area contributed by atoms with E-state index in [4.69, 9.17) is 0 Å². The molecule has 0 N–H and O–H groups in total. The molecule has 2 heterocycles. The van der Waals surface area contributed by atoms with Gasteiger partial charge in [0.2, 0.25) is 0 Å². The minimum Gasteiger partial charge on any atom is -0.249 e. The summed E-state index contributed by atoms with van der Waals surface area (Å²) in [7, 11) is -0.139. The Hall–Kier alpha value is -0.500. The van der Waals surface area contributed by atoms with Gasteiger partial charge >= 0.3 is 0 Å². The molecule has 1 aromatic rings. The van der Waals surface area contributed by atoms with Crippen molar-refractivity contribution in [1.29, 1.82) is 0 Å². The summed E-state index contributed by atoms with van der Waals surface area (Å²) in [5.41, 5.74) is 0. The van der Waals surface area contributed by atoms with Gasteiger partial charge in [0.15, 0.2) is 0 Å². The van der Waals surface area contributed by atoms with Crippen molar-refractivity contribution >= 4 is 21.5 Å². The smallest absolute Gasteiger partial charge is 0.249 e. The lowest BCUT2D eigenvalue weighted by atomic mass is 10.0. The third-order valence-electron chi connectivity index (χ3n) is 3.16. The van der Waals surface area contributed by atoms with Gasteiger partial charge in [-0.25, -0.2) is 4.98 Å². The maximum Gasteiger partial charge on any atom is 0.281 e. The third kappa shape index (κ3) is 2.74. The lowest BCUT2D eigenvalue weighted by molar-refractivity contribution is 0.298. The Morgan fingerprint density at radius 1 is 1.50 bits per heavy atom. The fraction of sp³-hybridized carbons (Fsp3) is 0.727. The number of nitrogens with zero attached hydrogens (tertiary/aromatic N) is 3. The largest absolute Gasteiger partial charge is 0.281 e. The zero-order chi connectivity index (χ0) is 13.3. The van der Waals surface area contributed by atoms with Gasteiger partial charge in [0, 0.05) is 44.2 Å². The quantitative estimate of drug-likeness (QED) is 0.846. The predicted molar refractivity (Wildman–Crippen MR) is 73.0 cm³/mol. The van der Waals surface area contributed by atoms with Gasteiger partial charge in [-0.1, -0.05) is 0 Å². The van der Waals surface area contributed by atoms with E-state index in [-0.39, 0.29) is 5.92 Å². The van der Waals surface area contributed by atoms with Crippen LogP contribution in [0.3, 0.4) is 0 Å². The second kappa shape index (κ2) is 5.24. The molecule has 2 rings (SSSR count). The van der Waals surface area contributed by atoms with Crippen molar-refractivity contribution in [3.63, 3.8) is 0 Å². The van der Waals surface area contributed by atoms with Crippen LogP contribution in [0.2, 0.25) is 0 Å². The first kappa shape index (κ1) is 13.9. The lowest BCUT2D eigenvalue weighted by Crippen LogP contribution is -2.44. The molecule has 1 atom stereocenters. The molecule has 0 bridgehead atoms. The number of thiazole rings is 1. The number of piperidine rings is 1. The second-order valence-corrected chi connectivity index (χ2v) is 8.21. The number of hydrogen-bond donors (Lipinski definition) is 0. The van der Waals surface area contributed by atoms with Crippen molar-refractivity contribution in [2.24, 2.45) is 0 Å². The Labute approximate surface area is 113 Å². The standard InChI is InChI=1S/C11H19N3O2S2/c1-9-7-12-11(17-9)10-5-4-6-14(8-10)18(15,16)13(2)3/h7,10H,4-6,8H2,1-3H3/t10-/m0/s1. The Kier molecular flexibility index (Phi) is 4.05. The van der Waals surface area contributed by atoms with Gasteiger partial charge in [0.25, 0.3) is 10.2 Å². The summed E-state index contributed by atoms with van der Waals surface area (Å²) in [5, 5.41) is 1.06. The van der Waals surface area contributed by atoms with E-state index in [1.165, 1.54) is 9.18 Å². The molecule has 1 aliphatic rings. The van der Waals surface area contributed by atoms with Crippen LogP contribution in [0.4, 0.5) is 0 Å². The van der Waals surface area contributed by atoms with Crippen LogP contribution in [0, 0.1) is 6.92 Å². The number of aromatic nitrogens is 1. The predicted octanol–water partition coefficient (Wildman–Crippen LogP) is 1.44. The van der Waals surface area contributed by atoms with Crippen LogP contribution < -0.4 is 0 Å². The summed E-state index contributed by atoms with van der Waals surface area (Å²) in [5.74, 6) is 0.243. The summed E-state index contributed by atoms with van der Waals surface area (Å²) in [4.78, 5) is 5.56. The van der Waals surface area contributed by atoms with E-state index in [2.05, 4.69) is 4.98 Å². The van der Waals surface area contributed by atoms with Gasteiger partial charge in [-0.15, -0.1) is 11.3 Å². The highest BCUT2D eigenvalue weighted by molar-refractivity contribution is 7.86. The van der Waals surface area contributed by atoms with E-state index in [0.29, 0.717) is 13.1 Å². The van der Waals surface area contributed by atoms with E-state index < -0.39 is 10.2 Å². The van der Waals surface area contributed by atoms with Crippen molar-refractivity contribution in [2.45, 2.75) is 25.7 Å². The Bertz CT molecular complexity index is 510. The molecule has 1 saturated heterocycles. The van der Waals surface area contributed by atoms with Gasteiger partial charge in [-0.05, 0) is 19.8 Å². The van der Waals surface area contributed by atoms with Crippen LogP contribution >= 0.6 is 11.3 Å². The molecule has 1 fully saturated rings. The van der Waals surface area contributed by atoms with Gasteiger partial charge in [0.05, 0.1) is 5.01 Å². The number of aryl methyl sites for hydroxylation is 1. The fourth-order valence-corrected chi connectivity index (χ4v) is 4.24. The van der Waals surface area contributed by atoms with Crippen LogP contribution in [0.25, 0.3) is 0 Å². The molecule has 18 heavy (non-hydrogen) atoms. The molecule has 1 aromatic heterocycles. The number of rotatable bonds is 3. The molecule has 0 amide bonds. The van der Waals surface area contributed by atoms with Crippen molar-refractivity contribution in [3.8, 4) is 0 Å². The molecule has 1 aliphatic heterocycles. The van der Waals surface area contributed by atoms with E-state index in [1.54, 1.807) is 29.7 Å². The minimum absolute atomic E-state index is 0.243. The topological polar surface area (TPSA) is 53.5 Å². The summed E-state index contributed by atoms with van der Waals surface area (Å²) >= 11 is 1.67. The average Bonchev–Trinajstić information content (AvgIpc) is 2.76. The van der Waals surface area contributed by atoms with Crippen LogP contribution in [-0.4, -0.2) is 49.2 Å². The first-order valence-electron chi connectivity index (χ1n) is 6.01. The molecule has 5 nitrogen and oxygen atoms in total. The maximum absolute atomic E-state index is 12.1. The van der Waals surface area contributed by atoms with Gasteiger partial charge in [-0.3, -0.25) is 0 Å². The van der Waals surface area contributed by atoms with Gasteiger partial charge in [0.1, 0.15) is 0 Å². The first-order chi connectivity index (χ1) is 8.41. The molecular formula is C11H19N3O2S2. The van der Waals surface area contributed by atoms with E-state index in [9.17, 15) is 8.42 Å². The van der Waals surface area contributed by atoms with Crippen molar-refractivity contribution in [1.82, 2.24) is 13.6 Å². The highest BCUT2D eigenvalue weighted by atomic mass is 32.2. The minimum atomic E-state index is -3.29. The van der Waals surface area contributed by atoms with E-state index >= 15 is 0 Å². The first-order valence-corrected chi connectivity index (χ1v) is 8.22. The zero-order valence-electron chi connectivity index (χ0n) is 11.0. The van der Waals surface area contributed by atoms with E-state index in [1.807, 2.05) is 13.1 Å². The summed E-state index contributed by atoms with van der Waals surface area (Å²) in [6.07, 6.45) is 3.78. The summed E-state index contributed by atoms with van der Waals surface area (Å²) < 4.78 is 27.1. The molecule has 0 radical (unpaired) electrons. The monoisotopic (exact) mass is 289 g/mol. The fourth-order valence-electron chi connectivity index (χ4n) is 2.15. The highest BCUT2D eigenvalue weighted by Crippen LogP contribution is 2.31. The normalized spacial score (nSPS) is 22.6. The third-order valence-corrected chi connectivity index (χ3v) is 6.14. The molecule has 0 saturated carbocycles. The van der Waals surface area contributed by atoms with Crippen LogP contribution in [0.5, 0.6) is 0 Å². The Morgan fingerprint density at radius 2 is 2.22 bits per heavy atom.